The van der Waals surface area contributed by atoms with Crippen LogP contribution in [0.2, 0.25) is 0 Å². The van der Waals surface area contributed by atoms with Gasteiger partial charge in [0.2, 0.25) is 0 Å². The van der Waals surface area contributed by atoms with E-state index in [0.717, 1.165) is 99.8 Å². The van der Waals surface area contributed by atoms with E-state index in [9.17, 15) is 0 Å². The second-order valence-corrected chi connectivity index (χ2v) is 19.8. The first-order valence-corrected chi connectivity index (χ1v) is 25.6. The molecule has 0 saturated heterocycles. The van der Waals surface area contributed by atoms with Gasteiger partial charge in [-0.1, -0.05) is 152 Å². The van der Waals surface area contributed by atoms with E-state index < -0.39 is 0 Å². The van der Waals surface area contributed by atoms with Gasteiger partial charge in [0.25, 0.3) is 0 Å². The Morgan fingerprint density at radius 1 is 0.211 bits per heavy atom. The Balaban J connectivity index is 0.750. The lowest BCUT2D eigenvalue weighted by Crippen LogP contribution is -1.93. The summed E-state index contributed by atoms with van der Waals surface area (Å²) in [5.41, 5.74) is 13.3. The summed E-state index contributed by atoms with van der Waals surface area (Å²) in [6, 6.07) is 78.1. The number of rotatable bonds is 5. The summed E-state index contributed by atoms with van der Waals surface area (Å²) in [4.78, 5) is 30.0. The van der Waals surface area contributed by atoms with Crippen LogP contribution in [-0.2, 0) is 0 Å². The molecule has 0 radical (unpaired) electrons. The highest BCUT2D eigenvalue weighted by Gasteiger charge is 2.17. The molecule has 350 valence electrons. The van der Waals surface area contributed by atoms with Crippen molar-refractivity contribution in [2.75, 3.05) is 0 Å². The predicted octanol–water partition coefficient (Wildman–Crippen LogP) is 17.9. The topological polar surface area (TPSA) is 77.3 Å². The van der Waals surface area contributed by atoms with Crippen LogP contribution in [0.1, 0.15) is 0 Å². The molecule has 0 spiro atoms. The number of benzene rings is 10. The number of aromatic nitrogens is 6. The summed E-state index contributed by atoms with van der Waals surface area (Å²) in [5, 5.41) is 19.0. The second kappa shape index (κ2) is 16.6. The molecule has 0 N–H and O–H groups in total. The molecule has 0 aliphatic heterocycles. The molecule has 76 heavy (non-hydrogen) atoms. The number of nitrogens with zero attached hydrogens (tertiary/aromatic N) is 6. The zero-order valence-corrected chi connectivity index (χ0v) is 40.8. The quantitative estimate of drug-likeness (QED) is 0.160. The van der Waals surface area contributed by atoms with Crippen LogP contribution in [0.25, 0.3) is 164 Å². The molecule has 6 heterocycles. The van der Waals surface area contributed by atoms with Gasteiger partial charge in [0.15, 0.2) is 0 Å². The molecule has 6 nitrogen and oxygen atoms in total. The van der Waals surface area contributed by atoms with Gasteiger partial charge in [0.05, 0.1) is 44.8 Å². The molecule has 0 unspecified atom stereocenters. The Morgan fingerprint density at radius 2 is 0.645 bits per heavy atom. The highest BCUT2D eigenvalue weighted by molar-refractivity contribution is 6.27. The number of pyridine rings is 6. The predicted molar refractivity (Wildman–Crippen MR) is 315 cm³/mol. The molecule has 16 aromatic rings. The van der Waals surface area contributed by atoms with E-state index in [0.29, 0.717) is 0 Å². The van der Waals surface area contributed by atoms with Crippen LogP contribution in [0.5, 0.6) is 0 Å². The molecular weight excluding hydrogens is 925 g/mol. The largest absolute Gasteiger partial charge is 0.256 e. The summed E-state index contributed by atoms with van der Waals surface area (Å²) in [6.45, 7) is 0. The minimum atomic E-state index is 0.804. The molecule has 16 rings (SSSR count). The normalized spacial score (nSPS) is 11.9. The minimum Gasteiger partial charge on any atom is -0.256 e. The SMILES string of the molecule is c1cnc2c(c1)ccc1ccc(-c3ccc(-c4ccc5c(c4)c4ccccc4c4ccc(-c6cc7ccc(-c8ccc(-c9ccc%10c%11ccccc%11c%11ccccc%11c%10c9)cn8)nc7c7ncccc67)cc45)nc3)nc12. The monoisotopic (exact) mass is 964 g/mol. The molecule has 0 fully saturated rings. The van der Waals surface area contributed by atoms with Crippen LogP contribution in [0, 0.1) is 0 Å². The molecule has 0 atom stereocenters. The molecule has 0 saturated carbocycles. The van der Waals surface area contributed by atoms with E-state index >= 15 is 0 Å². The van der Waals surface area contributed by atoms with Gasteiger partial charge in [-0.3, -0.25) is 19.9 Å². The lowest BCUT2D eigenvalue weighted by Gasteiger charge is -2.15. The third-order valence-electron chi connectivity index (χ3n) is 15.6. The molecule has 10 aromatic carbocycles. The van der Waals surface area contributed by atoms with Gasteiger partial charge in [-0.05, 0) is 148 Å². The van der Waals surface area contributed by atoms with E-state index in [2.05, 4.69) is 211 Å². The fourth-order valence-corrected chi connectivity index (χ4v) is 11.9. The highest BCUT2D eigenvalue weighted by atomic mass is 14.8. The van der Waals surface area contributed by atoms with Gasteiger partial charge in [-0.2, -0.15) is 0 Å². The fraction of sp³-hybridized carbons (Fsp3) is 0. The second-order valence-electron chi connectivity index (χ2n) is 19.8. The highest BCUT2D eigenvalue weighted by Crippen LogP contribution is 2.42. The Kier molecular flexibility index (Phi) is 9.23. The summed E-state index contributed by atoms with van der Waals surface area (Å²) in [7, 11) is 0. The first-order chi connectivity index (χ1) is 37.6. The number of hydrogen-bond donors (Lipinski definition) is 0. The molecule has 6 aromatic heterocycles. The number of fused-ring (bicyclic) bond motifs is 18. The van der Waals surface area contributed by atoms with Gasteiger partial charge in [0.1, 0.15) is 0 Å². The first kappa shape index (κ1) is 42.2. The van der Waals surface area contributed by atoms with Crippen LogP contribution in [0.15, 0.2) is 243 Å². The third kappa shape index (κ3) is 6.61. The van der Waals surface area contributed by atoms with Crippen molar-refractivity contribution >= 4 is 108 Å². The molecule has 0 aliphatic rings. The fourth-order valence-electron chi connectivity index (χ4n) is 11.9. The van der Waals surface area contributed by atoms with Gasteiger partial charge >= 0.3 is 0 Å². The van der Waals surface area contributed by atoms with E-state index in [1.165, 1.54) is 64.6 Å². The van der Waals surface area contributed by atoms with Crippen LogP contribution >= 0.6 is 0 Å². The summed E-state index contributed by atoms with van der Waals surface area (Å²) in [5.74, 6) is 0. The first-order valence-electron chi connectivity index (χ1n) is 25.6. The average molecular weight is 965 g/mol. The van der Waals surface area contributed by atoms with Crippen molar-refractivity contribution in [3.63, 3.8) is 0 Å². The van der Waals surface area contributed by atoms with Gasteiger partial charge in [-0.25, -0.2) is 9.97 Å². The molecule has 0 amide bonds. The Bertz CT molecular complexity index is 5070. The van der Waals surface area contributed by atoms with Gasteiger partial charge in [0, 0.05) is 63.0 Å². The Morgan fingerprint density at radius 3 is 1.32 bits per heavy atom. The van der Waals surface area contributed by atoms with Crippen molar-refractivity contribution < 1.29 is 0 Å². The van der Waals surface area contributed by atoms with E-state index in [1.807, 2.05) is 36.9 Å². The summed E-state index contributed by atoms with van der Waals surface area (Å²) >= 11 is 0. The van der Waals surface area contributed by atoms with Crippen LogP contribution < -0.4 is 0 Å². The number of hydrogen-bond acceptors (Lipinski definition) is 6. The van der Waals surface area contributed by atoms with Crippen molar-refractivity contribution in [2.45, 2.75) is 0 Å². The lowest BCUT2D eigenvalue weighted by atomic mass is 9.90. The van der Waals surface area contributed by atoms with Crippen LogP contribution in [0.3, 0.4) is 0 Å². The lowest BCUT2D eigenvalue weighted by molar-refractivity contribution is 1.27. The van der Waals surface area contributed by atoms with Gasteiger partial charge in [-0.15, -0.1) is 0 Å². The zero-order chi connectivity index (χ0) is 49.8. The van der Waals surface area contributed by atoms with Crippen molar-refractivity contribution in [3.8, 4) is 56.2 Å². The maximum atomic E-state index is 5.28. The Hall–Kier alpha value is -10.3. The van der Waals surface area contributed by atoms with E-state index in [4.69, 9.17) is 24.9 Å². The van der Waals surface area contributed by atoms with Crippen molar-refractivity contribution in [1.82, 2.24) is 29.9 Å². The van der Waals surface area contributed by atoms with E-state index in [-0.39, 0.29) is 0 Å². The maximum absolute atomic E-state index is 5.28. The van der Waals surface area contributed by atoms with Crippen molar-refractivity contribution in [3.05, 3.63) is 243 Å². The average Bonchev–Trinajstić information content (AvgIpc) is 3.58. The third-order valence-corrected chi connectivity index (χ3v) is 15.6. The maximum Gasteiger partial charge on any atom is 0.0973 e. The smallest absolute Gasteiger partial charge is 0.0973 e. The van der Waals surface area contributed by atoms with Crippen molar-refractivity contribution in [1.29, 1.82) is 0 Å². The standard InChI is InChI=1S/C70H40N6/c1-2-12-51-49(10-1)50-11-3-5-14-53(50)60-35-43(19-26-55(51)60)47-24-31-65(74-39-47)66-32-23-46-38-59(58-16-8-34-72-70(58)69(46)76-66)44-20-27-56-52-13-4-6-15-54(52)62-37-45(21-28-57(62)61(56)36-44)63-29-25-48(40-73-63)64-30-22-42-18-17-41-9-7-33-71-67(41)68(42)75-64/h1-40H. The van der Waals surface area contributed by atoms with Crippen LogP contribution in [0.4, 0.5) is 0 Å². The molecule has 0 bridgehead atoms. The van der Waals surface area contributed by atoms with E-state index in [1.54, 1.807) is 0 Å². The zero-order valence-electron chi connectivity index (χ0n) is 40.8. The van der Waals surface area contributed by atoms with Crippen molar-refractivity contribution in [2.24, 2.45) is 0 Å². The molecule has 0 aliphatic carbocycles. The minimum absolute atomic E-state index is 0.804. The summed E-state index contributed by atoms with van der Waals surface area (Å²) in [6.07, 6.45) is 7.59. The van der Waals surface area contributed by atoms with Gasteiger partial charge < -0.3 is 0 Å². The van der Waals surface area contributed by atoms with Crippen LogP contribution in [-0.4, -0.2) is 29.9 Å². The Labute approximate surface area is 435 Å². The summed E-state index contributed by atoms with van der Waals surface area (Å²) < 4.78 is 0. The molecular formula is C70H40N6. The molecule has 6 heteroatoms.